The molecule has 0 saturated carbocycles. The number of nitrogens with one attached hydrogen (secondary N) is 1. The molecule has 0 aromatic heterocycles. The standard InChI is InChI=1S/C3H6N2O/c1-3(6)5-4-2/h2H2,1H3,(H,5,6). The fourth-order valence-electron chi connectivity index (χ4n) is 0.111. The van der Waals surface area contributed by atoms with Gasteiger partial charge in [0, 0.05) is 13.6 Å². The van der Waals surface area contributed by atoms with Crippen LogP contribution in [0.5, 0.6) is 0 Å². The Labute approximate surface area is 36.0 Å². The van der Waals surface area contributed by atoms with Gasteiger partial charge in [-0.05, 0) is 0 Å². The number of amides is 1. The number of hydrogen-bond donors (Lipinski definition) is 1. The molecule has 0 rings (SSSR count). The minimum Gasteiger partial charge on any atom is -0.274 e. The monoisotopic (exact) mass is 86.0 g/mol. The summed E-state index contributed by atoms with van der Waals surface area (Å²) in [4.78, 5) is 9.80. The number of carbonyl (C=O) groups excluding carboxylic acids is 1. The first-order chi connectivity index (χ1) is 2.77. The summed E-state index contributed by atoms with van der Waals surface area (Å²) in [6, 6.07) is 0. The summed E-state index contributed by atoms with van der Waals surface area (Å²) in [6.45, 7) is 4.39. The van der Waals surface area contributed by atoms with Crippen molar-refractivity contribution in [2.45, 2.75) is 6.92 Å². The average Bonchev–Trinajstić information content (AvgIpc) is 1.35. The predicted molar refractivity (Wildman–Crippen MR) is 23.4 cm³/mol. The predicted octanol–water partition coefficient (Wildman–Crippen LogP) is -0.262. The largest absolute Gasteiger partial charge is 0.274 e. The fraction of sp³-hybridized carbons (Fsp3) is 0.333. The van der Waals surface area contributed by atoms with Gasteiger partial charge in [-0.25, -0.2) is 5.43 Å². The molecule has 6 heavy (non-hydrogen) atoms. The molecule has 0 aliphatic rings. The van der Waals surface area contributed by atoms with Crippen molar-refractivity contribution in [1.82, 2.24) is 5.43 Å². The molecule has 34 valence electrons. The Morgan fingerprint density at radius 1 is 2.00 bits per heavy atom. The molecule has 0 aromatic rings. The van der Waals surface area contributed by atoms with E-state index in [1.807, 2.05) is 0 Å². The van der Waals surface area contributed by atoms with Crippen molar-refractivity contribution in [3.05, 3.63) is 0 Å². The van der Waals surface area contributed by atoms with E-state index in [-0.39, 0.29) is 5.91 Å². The highest BCUT2D eigenvalue weighted by molar-refractivity contribution is 5.72. The van der Waals surface area contributed by atoms with Gasteiger partial charge in [-0.2, -0.15) is 5.10 Å². The molecule has 0 aliphatic carbocycles. The molecule has 3 nitrogen and oxygen atoms in total. The zero-order valence-corrected chi connectivity index (χ0v) is 3.56. The van der Waals surface area contributed by atoms with Crippen LogP contribution in [0.3, 0.4) is 0 Å². The molecule has 0 bridgehead atoms. The van der Waals surface area contributed by atoms with E-state index < -0.39 is 0 Å². The third kappa shape index (κ3) is 3.14. The lowest BCUT2D eigenvalue weighted by atomic mass is 10.8. The Hall–Kier alpha value is -0.860. The van der Waals surface area contributed by atoms with Crippen LogP contribution in [-0.2, 0) is 4.79 Å². The third-order valence-corrected chi connectivity index (χ3v) is 0.237. The van der Waals surface area contributed by atoms with Crippen LogP contribution in [0.1, 0.15) is 6.92 Å². The summed E-state index contributed by atoms with van der Waals surface area (Å²) in [7, 11) is 0. The zero-order chi connectivity index (χ0) is 4.99. The van der Waals surface area contributed by atoms with Crippen LogP contribution in [0.25, 0.3) is 0 Å². The smallest absolute Gasteiger partial charge is 0.236 e. The molecule has 1 amide bonds. The van der Waals surface area contributed by atoms with E-state index in [0.29, 0.717) is 0 Å². The van der Waals surface area contributed by atoms with Crippen molar-refractivity contribution in [3.63, 3.8) is 0 Å². The summed E-state index contributed by atoms with van der Waals surface area (Å²) < 4.78 is 0. The van der Waals surface area contributed by atoms with Gasteiger partial charge in [0.05, 0.1) is 0 Å². The van der Waals surface area contributed by atoms with Crippen LogP contribution >= 0.6 is 0 Å². The van der Waals surface area contributed by atoms with E-state index in [4.69, 9.17) is 0 Å². The van der Waals surface area contributed by atoms with Crippen LogP contribution in [-0.4, -0.2) is 12.6 Å². The van der Waals surface area contributed by atoms with Gasteiger partial charge < -0.3 is 0 Å². The summed E-state index contributed by atoms with van der Waals surface area (Å²) in [5, 5.41) is 3.09. The van der Waals surface area contributed by atoms with Crippen LogP contribution < -0.4 is 5.43 Å². The maximum Gasteiger partial charge on any atom is 0.236 e. The van der Waals surface area contributed by atoms with Gasteiger partial charge in [-0.1, -0.05) is 0 Å². The second-order valence-electron chi connectivity index (χ2n) is 0.826. The molecule has 0 saturated heterocycles. The lowest BCUT2D eigenvalue weighted by Gasteiger charge is -1.82. The highest BCUT2D eigenvalue weighted by Gasteiger charge is 1.77. The summed E-state index contributed by atoms with van der Waals surface area (Å²) in [5.74, 6) is -0.190. The van der Waals surface area contributed by atoms with Crippen molar-refractivity contribution < 1.29 is 4.79 Å². The second kappa shape index (κ2) is 2.38. The minimum atomic E-state index is -0.190. The van der Waals surface area contributed by atoms with E-state index >= 15 is 0 Å². The molecular formula is C3H6N2O. The highest BCUT2D eigenvalue weighted by atomic mass is 16.2. The number of carbonyl (C=O) groups is 1. The molecular weight excluding hydrogens is 80.0 g/mol. The van der Waals surface area contributed by atoms with Crippen molar-refractivity contribution in [2.24, 2.45) is 5.10 Å². The molecule has 1 N–H and O–H groups in total. The first-order valence-corrected chi connectivity index (χ1v) is 1.49. The topological polar surface area (TPSA) is 41.5 Å². The molecule has 3 heteroatoms. The molecule has 0 unspecified atom stereocenters. The Morgan fingerprint density at radius 2 is 2.50 bits per heavy atom. The molecule has 0 aromatic carbocycles. The second-order valence-corrected chi connectivity index (χ2v) is 0.826. The SMILES string of the molecule is C=NNC(C)=O. The first kappa shape index (κ1) is 5.14. The van der Waals surface area contributed by atoms with E-state index in [1.54, 1.807) is 0 Å². The maximum absolute atomic E-state index is 9.80. The molecule has 0 aliphatic heterocycles. The van der Waals surface area contributed by atoms with Gasteiger partial charge in [0.2, 0.25) is 5.91 Å². The van der Waals surface area contributed by atoms with Gasteiger partial charge in [0.15, 0.2) is 0 Å². The quantitative estimate of drug-likeness (QED) is 0.346. The van der Waals surface area contributed by atoms with E-state index in [2.05, 4.69) is 17.2 Å². The van der Waals surface area contributed by atoms with Crippen molar-refractivity contribution in [1.29, 1.82) is 0 Å². The molecule has 0 atom stereocenters. The van der Waals surface area contributed by atoms with Gasteiger partial charge in [-0.3, -0.25) is 4.79 Å². The third-order valence-electron chi connectivity index (χ3n) is 0.237. The number of hydrogen-bond acceptors (Lipinski definition) is 2. The zero-order valence-electron chi connectivity index (χ0n) is 3.56. The van der Waals surface area contributed by atoms with Gasteiger partial charge in [-0.15, -0.1) is 0 Å². The normalized spacial score (nSPS) is 6.83. The Balaban J connectivity index is 3.05. The molecule has 0 radical (unpaired) electrons. The molecule has 0 fully saturated rings. The average molecular weight is 86.1 g/mol. The summed E-state index contributed by atoms with van der Waals surface area (Å²) in [5.41, 5.74) is 2.08. The van der Waals surface area contributed by atoms with Crippen molar-refractivity contribution in [2.75, 3.05) is 0 Å². The number of rotatable bonds is 1. The van der Waals surface area contributed by atoms with Gasteiger partial charge in [0.1, 0.15) is 0 Å². The van der Waals surface area contributed by atoms with E-state index in [0.717, 1.165) is 0 Å². The summed E-state index contributed by atoms with van der Waals surface area (Å²) in [6.07, 6.45) is 0. The van der Waals surface area contributed by atoms with Gasteiger partial charge >= 0.3 is 0 Å². The minimum absolute atomic E-state index is 0.190. The summed E-state index contributed by atoms with van der Waals surface area (Å²) >= 11 is 0. The van der Waals surface area contributed by atoms with Crippen molar-refractivity contribution in [3.8, 4) is 0 Å². The lowest BCUT2D eigenvalue weighted by molar-refractivity contribution is -0.118. The number of hydrazone groups is 1. The Morgan fingerprint density at radius 3 is 2.50 bits per heavy atom. The van der Waals surface area contributed by atoms with Crippen LogP contribution in [0.15, 0.2) is 5.10 Å². The van der Waals surface area contributed by atoms with Crippen molar-refractivity contribution >= 4 is 12.6 Å². The molecule has 0 spiro atoms. The van der Waals surface area contributed by atoms with E-state index in [9.17, 15) is 4.79 Å². The van der Waals surface area contributed by atoms with Gasteiger partial charge in [0.25, 0.3) is 0 Å². The first-order valence-electron chi connectivity index (χ1n) is 1.49. The fourth-order valence-corrected chi connectivity index (χ4v) is 0.111. The Kier molecular flexibility index (Phi) is 2.04. The van der Waals surface area contributed by atoms with Crippen LogP contribution in [0, 0.1) is 0 Å². The molecule has 0 heterocycles. The lowest BCUT2D eigenvalue weighted by Crippen LogP contribution is -2.10. The van der Waals surface area contributed by atoms with Crippen LogP contribution in [0.4, 0.5) is 0 Å². The van der Waals surface area contributed by atoms with Crippen LogP contribution in [0.2, 0.25) is 0 Å². The highest BCUT2D eigenvalue weighted by Crippen LogP contribution is 1.52. The maximum atomic E-state index is 9.80. The Bertz CT molecular complexity index is 69.2. The van der Waals surface area contributed by atoms with E-state index in [1.165, 1.54) is 6.92 Å². The number of nitrogens with zero attached hydrogens (tertiary/aromatic N) is 1.